The zero-order valence-electron chi connectivity index (χ0n) is 17.7. The van der Waals surface area contributed by atoms with E-state index in [1.807, 2.05) is 30.3 Å². The van der Waals surface area contributed by atoms with Gasteiger partial charge in [-0.15, -0.1) is 0 Å². The van der Waals surface area contributed by atoms with E-state index >= 15 is 0 Å². The lowest BCUT2D eigenvalue weighted by molar-refractivity contribution is 0.0527. The molecule has 162 valence electrons. The van der Waals surface area contributed by atoms with Crippen LogP contribution in [-0.4, -0.2) is 29.2 Å². The van der Waals surface area contributed by atoms with E-state index in [9.17, 15) is 4.79 Å². The molecule has 0 aliphatic heterocycles. The summed E-state index contributed by atoms with van der Waals surface area (Å²) in [5.74, 6) is 1.23. The van der Waals surface area contributed by atoms with E-state index in [0.717, 1.165) is 24.3 Å². The molecule has 0 amide bonds. The number of aromatic nitrogens is 2. The number of carbonyl (C=O) groups excluding carboxylic acids is 1. The van der Waals surface area contributed by atoms with Crippen molar-refractivity contribution in [2.75, 3.05) is 29.6 Å². The molecule has 31 heavy (non-hydrogen) atoms. The molecule has 0 radical (unpaired) electrons. The first-order chi connectivity index (χ1) is 15.1. The Labute approximate surface area is 181 Å². The number of nitrogens with two attached hydrogens (primary N) is 1. The number of rotatable bonds is 10. The highest BCUT2D eigenvalue weighted by Crippen LogP contribution is 2.30. The van der Waals surface area contributed by atoms with Gasteiger partial charge in [-0.1, -0.05) is 25.5 Å². The monoisotopic (exact) mass is 421 g/mol. The van der Waals surface area contributed by atoms with Gasteiger partial charge < -0.3 is 25.8 Å². The summed E-state index contributed by atoms with van der Waals surface area (Å²) < 4.78 is 10.8. The number of hydrogen-bond donors (Lipinski definition) is 3. The maximum atomic E-state index is 12.2. The number of nitrogens with zero attached hydrogens (tertiary/aromatic N) is 2. The summed E-state index contributed by atoms with van der Waals surface area (Å²) in [7, 11) is 0. The van der Waals surface area contributed by atoms with E-state index in [1.54, 1.807) is 25.1 Å². The molecule has 0 fully saturated rings. The molecule has 3 aromatic rings. The second-order valence-electron chi connectivity index (χ2n) is 6.73. The molecular weight excluding hydrogens is 394 g/mol. The zero-order valence-corrected chi connectivity index (χ0v) is 17.7. The Morgan fingerprint density at radius 2 is 1.71 bits per heavy atom. The number of para-hydroxylation sites is 1. The number of carbonyl (C=O) groups is 1. The fraction of sp³-hybridized carbons (Fsp3) is 0.261. The smallest absolute Gasteiger partial charge is 0.340 e. The van der Waals surface area contributed by atoms with Crippen LogP contribution in [-0.2, 0) is 4.74 Å². The molecule has 0 atom stereocenters. The lowest BCUT2D eigenvalue weighted by Gasteiger charge is -2.14. The van der Waals surface area contributed by atoms with Gasteiger partial charge in [-0.25, -0.2) is 14.8 Å². The molecule has 2 aromatic carbocycles. The first-order valence-corrected chi connectivity index (χ1v) is 10.3. The summed E-state index contributed by atoms with van der Waals surface area (Å²) >= 11 is 0. The number of nitrogens with one attached hydrogen (secondary N) is 2. The molecule has 0 spiro atoms. The van der Waals surface area contributed by atoms with Gasteiger partial charge in [0.25, 0.3) is 0 Å². The van der Waals surface area contributed by atoms with Crippen molar-refractivity contribution in [3.8, 4) is 5.75 Å². The van der Waals surface area contributed by atoms with Crippen LogP contribution in [0.2, 0.25) is 0 Å². The molecule has 3 rings (SSSR count). The third kappa shape index (κ3) is 5.85. The van der Waals surface area contributed by atoms with Gasteiger partial charge in [0.05, 0.1) is 24.5 Å². The summed E-state index contributed by atoms with van der Waals surface area (Å²) in [6.45, 7) is 4.88. The van der Waals surface area contributed by atoms with Gasteiger partial charge >= 0.3 is 5.97 Å². The number of ether oxygens (including phenoxy) is 2. The van der Waals surface area contributed by atoms with Gasteiger partial charge in [0, 0.05) is 5.69 Å². The Balaban J connectivity index is 1.75. The molecular formula is C23H27N5O3. The van der Waals surface area contributed by atoms with Crippen molar-refractivity contribution in [1.82, 2.24) is 9.97 Å². The lowest BCUT2D eigenvalue weighted by Crippen LogP contribution is -2.10. The van der Waals surface area contributed by atoms with Gasteiger partial charge in [0.15, 0.2) is 11.6 Å². The Bertz CT molecular complexity index is 1010. The maximum Gasteiger partial charge on any atom is 0.340 e. The van der Waals surface area contributed by atoms with Gasteiger partial charge in [-0.05, 0) is 49.7 Å². The van der Waals surface area contributed by atoms with Crippen LogP contribution in [0.15, 0.2) is 54.9 Å². The standard InChI is InChI=1S/C23H27N5O3/c1-3-5-14-31-17-12-10-16(11-13-17)27-21-20(24)22(26-15-25-21)28-19-9-7-6-8-18(19)23(29)30-4-2/h6-13,15H,3-5,14,24H2,1-2H3,(H2,25,26,27,28). The number of benzene rings is 2. The molecule has 0 saturated carbocycles. The summed E-state index contributed by atoms with van der Waals surface area (Å²) in [4.78, 5) is 20.7. The summed E-state index contributed by atoms with van der Waals surface area (Å²) in [6, 6.07) is 14.6. The summed E-state index contributed by atoms with van der Waals surface area (Å²) in [5.41, 5.74) is 8.36. The predicted molar refractivity (Wildman–Crippen MR) is 122 cm³/mol. The Hall–Kier alpha value is -3.81. The largest absolute Gasteiger partial charge is 0.494 e. The average Bonchev–Trinajstić information content (AvgIpc) is 2.78. The topological polar surface area (TPSA) is 111 Å². The van der Waals surface area contributed by atoms with Crippen LogP contribution in [0, 0.1) is 0 Å². The average molecular weight is 422 g/mol. The molecule has 1 aromatic heterocycles. The van der Waals surface area contributed by atoms with Crippen molar-refractivity contribution in [2.24, 2.45) is 0 Å². The van der Waals surface area contributed by atoms with Crippen LogP contribution >= 0.6 is 0 Å². The van der Waals surface area contributed by atoms with Crippen LogP contribution in [0.1, 0.15) is 37.0 Å². The predicted octanol–water partition coefficient (Wildman–Crippen LogP) is 4.90. The van der Waals surface area contributed by atoms with Crippen molar-refractivity contribution in [3.05, 3.63) is 60.4 Å². The quantitative estimate of drug-likeness (QED) is 0.313. The first kappa shape index (κ1) is 21.9. The van der Waals surface area contributed by atoms with Crippen molar-refractivity contribution >= 4 is 34.7 Å². The van der Waals surface area contributed by atoms with Gasteiger partial charge in [-0.3, -0.25) is 0 Å². The third-order valence-electron chi connectivity index (χ3n) is 4.44. The highest BCUT2D eigenvalue weighted by atomic mass is 16.5. The molecule has 0 aliphatic rings. The van der Waals surface area contributed by atoms with Crippen molar-refractivity contribution in [1.29, 1.82) is 0 Å². The number of esters is 1. The highest BCUT2D eigenvalue weighted by Gasteiger charge is 2.15. The van der Waals surface area contributed by atoms with Crippen LogP contribution < -0.4 is 21.1 Å². The molecule has 8 heteroatoms. The SMILES string of the molecule is CCCCOc1ccc(Nc2ncnc(Nc3ccccc3C(=O)OCC)c2N)cc1. The minimum absolute atomic E-state index is 0.291. The van der Waals surface area contributed by atoms with Crippen molar-refractivity contribution in [2.45, 2.75) is 26.7 Å². The molecule has 4 N–H and O–H groups in total. The number of hydrogen-bond acceptors (Lipinski definition) is 8. The minimum atomic E-state index is -0.419. The van der Waals surface area contributed by atoms with Crippen LogP contribution in [0.3, 0.4) is 0 Å². The minimum Gasteiger partial charge on any atom is -0.494 e. The summed E-state index contributed by atoms with van der Waals surface area (Å²) in [5, 5.41) is 6.29. The van der Waals surface area contributed by atoms with Gasteiger partial charge in [0.2, 0.25) is 0 Å². The maximum absolute atomic E-state index is 12.2. The number of unbranched alkanes of at least 4 members (excludes halogenated alkanes) is 1. The van der Waals surface area contributed by atoms with E-state index in [4.69, 9.17) is 15.2 Å². The van der Waals surface area contributed by atoms with E-state index in [-0.39, 0.29) is 0 Å². The molecule has 8 nitrogen and oxygen atoms in total. The van der Waals surface area contributed by atoms with Gasteiger partial charge in [0.1, 0.15) is 17.8 Å². The molecule has 0 bridgehead atoms. The number of nitrogen functional groups attached to an aromatic ring is 1. The Morgan fingerprint density at radius 1 is 1.00 bits per heavy atom. The van der Waals surface area contributed by atoms with Crippen LogP contribution in [0.5, 0.6) is 5.75 Å². The van der Waals surface area contributed by atoms with Gasteiger partial charge in [-0.2, -0.15) is 0 Å². The number of anilines is 5. The van der Waals surface area contributed by atoms with E-state index < -0.39 is 5.97 Å². The lowest BCUT2D eigenvalue weighted by atomic mass is 10.2. The Morgan fingerprint density at radius 3 is 2.42 bits per heavy atom. The Kier molecular flexibility index (Phi) is 7.64. The second-order valence-corrected chi connectivity index (χ2v) is 6.73. The third-order valence-corrected chi connectivity index (χ3v) is 4.44. The van der Waals surface area contributed by atoms with E-state index in [0.29, 0.717) is 41.8 Å². The molecule has 0 saturated heterocycles. The zero-order chi connectivity index (χ0) is 22.1. The fourth-order valence-electron chi connectivity index (χ4n) is 2.81. The normalized spacial score (nSPS) is 10.4. The molecule has 0 aliphatic carbocycles. The van der Waals surface area contributed by atoms with E-state index in [1.165, 1.54) is 6.33 Å². The molecule has 1 heterocycles. The van der Waals surface area contributed by atoms with Crippen LogP contribution in [0.4, 0.5) is 28.7 Å². The highest BCUT2D eigenvalue weighted by molar-refractivity contribution is 5.97. The molecule has 0 unspecified atom stereocenters. The second kappa shape index (κ2) is 10.8. The van der Waals surface area contributed by atoms with Crippen molar-refractivity contribution < 1.29 is 14.3 Å². The fourth-order valence-corrected chi connectivity index (χ4v) is 2.81. The van der Waals surface area contributed by atoms with E-state index in [2.05, 4.69) is 27.5 Å². The first-order valence-electron chi connectivity index (χ1n) is 10.3. The van der Waals surface area contributed by atoms with Crippen molar-refractivity contribution in [3.63, 3.8) is 0 Å². The van der Waals surface area contributed by atoms with Crippen LogP contribution in [0.25, 0.3) is 0 Å². The summed E-state index contributed by atoms with van der Waals surface area (Å²) in [6.07, 6.45) is 3.51.